The molecule has 0 saturated heterocycles. The summed E-state index contributed by atoms with van der Waals surface area (Å²) in [5, 5.41) is 34.6. The minimum atomic E-state index is 0.411. The van der Waals surface area contributed by atoms with Gasteiger partial charge < -0.3 is 9.13 Å². The topological polar surface area (TPSA) is 120 Å². The molecule has 0 aliphatic rings. The Kier molecular flexibility index (Phi) is 14.5. The fourth-order valence-corrected chi connectivity index (χ4v) is 13.9. The van der Waals surface area contributed by atoms with Gasteiger partial charge in [-0.05, 0) is 187 Å². The first kappa shape index (κ1) is 58.0. The molecule has 0 spiro atoms. The molecule has 0 aliphatic carbocycles. The summed E-state index contributed by atoms with van der Waals surface area (Å²) in [5.41, 5.74) is 23.9. The average Bonchev–Trinajstić information content (AvgIpc) is 1.66. The minimum Gasteiger partial charge on any atom is -0.309 e. The van der Waals surface area contributed by atoms with Crippen molar-refractivity contribution < 1.29 is 0 Å². The molecule has 17 aromatic rings. The molecular weight excluding hydrogens is 1190 g/mol. The smallest absolute Gasteiger partial charge is 0.164 e. The van der Waals surface area contributed by atoms with E-state index < -0.39 is 0 Å². The first-order valence-electron chi connectivity index (χ1n) is 32.5. The maximum atomic E-state index is 10.1. The first-order chi connectivity index (χ1) is 48.4. The normalized spacial score (nSPS) is 11.2. The van der Waals surface area contributed by atoms with Crippen LogP contribution >= 0.6 is 0 Å². The van der Waals surface area contributed by atoms with Crippen LogP contribution in [-0.4, -0.2) is 24.1 Å². The van der Waals surface area contributed by atoms with Crippen LogP contribution in [0, 0.1) is 34.0 Å². The van der Waals surface area contributed by atoms with Crippen LogP contribution in [0.2, 0.25) is 0 Å². The lowest BCUT2D eigenvalue weighted by atomic mass is 9.95. The number of rotatable bonds is 12. The van der Waals surface area contributed by atoms with Crippen molar-refractivity contribution in [3.05, 3.63) is 344 Å². The van der Waals surface area contributed by atoms with E-state index in [1.54, 1.807) is 0 Å². The van der Waals surface area contributed by atoms with Crippen molar-refractivity contribution in [2.75, 3.05) is 0 Å². The number of hydrogen-bond acceptors (Lipinski definition) is 6. The van der Waals surface area contributed by atoms with Gasteiger partial charge in [0.1, 0.15) is 0 Å². The quantitative estimate of drug-likeness (QED) is 0.120. The third-order valence-electron chi connectivity index (χ3n) is 18.7. The highest BCUT2D eigenvalue weighted by Gasteiger charge is 2.25. The summed E-state index contributed by atoms with van der Waals surface area (Å²) in [6.45, 7) is 0. The highest BCUT2D eigenvalue weighted by Crippen LogP contribution is 2.44. The Bertz CT molecular complexity index is 5580. The van der Waals surface area contributed by atoms with Gasteiger partial charge in [-0.2, -0.15) is 15.8 Å². The number of fused-ring (bicyclic) bond motifs is 6. The van der Waals surface area contributed by atoms with E-state index in [0.717, 1.165) is 150 Å². The van der Waals surface area contributed by atoms with E-state index in [1.807, 2.05) is 115 Å². The maximum Gasteiger partial charge on any atom is 0.164 e. The number of nitrogens with zero attached hydrogens (tertiary/aromatic N) is 8. The lowest BCUT2D eigenvalue weighted by Crippen LogP contribution is -2.04. The molecule has 14 aromatic carbocycles. The van der Waals surface area contributed by atoms with E-state index in [1.165, 1.54) is 0 Å². The van der Waals surface area contributed by atoms with Crippen LogP contribution in [0.1, 0.15) is 16.7 Å². The lowest BCUT2D eigenvalue weighted by Gasteiger charge is -2.18. The summed E-state index contributed by atoms with van der Waals surface area (Å²) in [6.07, 6.45) is 0. The molecule has 3 heterocycles. The highest BCUT2D eigenvalue weighted by molar-refractivity contribution is 6.13. The zero-order chi connectivity index (χ0) is 65.6. The summed E-state index contributed by atoms with van der Waals surface area (Å²) in [5.74, 6) is 1.25. The third-order valence-corrected chi connectivity index (χ3v) is 18.7. The molecule has 8 heteroatoms. The number of benzene rings is 14. The molecule has 0 unspecified atom stereocenters. The SMILES string of the molecule is N#Cc1ccc(-c2ccccc2-c2nc(-c3cc(-n4c5ccc(-c6ccccc6)cc5c5cc(-c6ccccc6)ccc54)ccc3-c3ccc(C#N)cc3)nc(-c3cc(-n4c5ccc(-c6ccccc6)cc5c5cc(-c6ccccc6)ccc54)ccc3-c3ccc(C#N)cc3)n2)cc1. The standard InChI is InChI=1S/C90H54N8/c91-55-58-25-31-65(32-26-58)74-23-13-14-24-77(74)88-94-89(82-53-72(41-43-75(82)66-33-27-59(56-92)28-34-66)97-84-45-37-68(61-15-5-1-6-16-61)49-78(84)79-50-69(38-46-85(79)97)62-17-7-2-8-18-62)96-90(95-88)83-54-73(42-44-76(83)67-35-29-60(57-93)30-36-67)98-86-47-39-70(63-19-9-3-10-20-63)51-80(86)81-52-71(40-48-87(81)98)64-21-11-4-12-22-64/h1-54H. The molecule has 3 aromatic heterocycles. The summed E-state index contributed by atoms with van der Waals surface area (Å²) in [7, 11) is 0. The zero-order valence-corrected chi connectivity index (χ0v) is 52.8. The molecule has 0 radical (unpaired) electrons. The van der Waals surface area contributed by atoms with Crippen molar-refractivity contribution in [1.82, 2.24) is 24.1 Å². The van der Waals surface area contributed by atoms with E-state index in [4.69, 9.17) is 15.0 Å². The molecule has 0 aliphatic heterocycles. The van der Waals surface area contributed by atoms with Crippen LogP contribution in [0.15, 0.2) is 328 Å². The molecule has 0 atom stereocenters. The second-order valence-electron chi connectivity index (χ2n) is 24.4. The predicted molar refractivity (Wildman–Crippen MR) is 397 cm³/mol. The summed E-state index contributed by atoms with van der Waals surface area (Å²) < 4.78 is 4.68. The van der Waals surface area contributed by atoms with Gasteiger partial charge in [0.2, 0.25) is 0 Å². The Morgan fingerprint density at radius 2 is 0.459 bits per heavy atom. The van der Waals surface area contributed by atoms with Crippen molar-refractivity contribution in [1.29, 1.82) is 15.8 Å². The lowest BCUT2D eigenvalue weighted by molar-refractivity contribution is 1.07. The molecule has 98 heavy (non-hydrogen) atoms. The summed E-state index contributed by atoms with van der Waals surface area (Å²) in [4.78, 5) is 17.0. The Hall–Kier alpha value is -13.8. The van der Waals surface area contributed by atoms with Gasteiger partial charge in [0.05, 0.1) is 57.0 Å². The van der Waals surface area contributed by atoms with Gasteiger partial charge in [0.15, 0.2) is 17.5 Å². The van der Waals surface area contributed by atoms with Gasteiger partial charge in [-0.15, -0.1) is 0 Å². The molecule has 0 bridgehead atoms. The average molecular weight is 1250 g/mol. The van der Waals surface area contributed by atoms with E-state index >= 15 is 0 Å². The third kappa shape index (κ3) is 10.5. The number of aromatic nitrogens is 5. The van der Waals surface area contributed by atoms with Gasteiger partial charge in [0.25, 0.3) is 0 Å². The van der Waals surface area contributed by atoms with E-state index in [2.05, 4.69) is 240 Å². The van der Waals surface area contributed by atoms with Gasteiger partial charge in [-0.25, -0.2) is 15.0 Å². The molecule has 0 amide bonds. The van der Waals surface area contributed by atoms with Crippen molar-refractivity contribution in [3.63, 3.8) is 0 Å². The van der Waals surface area contributed by atoms with Crippen LogP contribution < -0.4 is 0 Å². The van der Waals surface area contributed by atoms with Crippen LogP contribution in [0.25, 0.3) is 167 Å². The zero-order valence-electron chi connectivity index (χ0n) is 52.8. The Balaban J connectivity index is 0.942. The Morgan fingerprint density at radius 1 is 0.204 bits per heavy atom. The van der Waals surface area contributed by atoms with Crippen LogP contribution in [-0.2, 0) is 0 Å². The molecule has 0 N–H and O–H groups in total. The Labute approximate surface area is 566 Å². The molecular formula is C90H54N8. The van der Waals surface area contributed by atoms with Gasteiger partial charge in [-0.3, -0.25) is 0 Å². The van der Waals surface area contributed by atoms with Crippen molar-refractivity contribution in [3.8, 4) is 142 Å². The van der Waals surface area contributed by atoms with Crippen LogP contribution in [0.3, 0.4) is 0 Å². The van der Waals surface area contributed by atoms with Gasteiger partial charge in [0, 0.05) is 49.6 Å². The van der Waals surface area contributed by atoms with Gasteiger partial charge in [-0.1, -0.05) is 218 Å². The molecule has 0 fully saturated rings. The second kappa shape index (κ2) is 24.6. The molecule has 454 valence electrons. The highest BCUT2D eigenvalue weighted by atomic mass is 15.0. The van der Waals surface area contributed by atoms with E-state index in [0.29, 0.717) is 34.2 Å². The molecule has 0 saturated carbocycles. The van der Waals surface area contributed by atoms with Crippen LogP contribution in [0.4, 0.5) is 0 Å². The monoisotopic (exact) mass is 1250 g/mol. The summed E-state index contributed by atoms with van der Waals surface area (Å²) in [6, 6.07) is 120. The molecule has 8 nitrogen and oxygen atoms in total. The van der Waals surface area contributed by atoms with Crippen molar-refractivity contribution >= 4 is 43.6 Å². The Morgan fingerprint density at radius 3 is 0.755 bits per heavy atom. The number of nitriles is 3. The maximum absolute atomic E-state index is 10.1. The second-order valence-corrected chi connectivity index (χ2v) is 24.4. The molecule has 17 rings (SSSR count). The fraction of sp³-hybridized carbons (Fsp3) is 0. The first-order valence-corrected chi connectivity index (χ1v) is 32.5. The minimum absolute atomic E-state index is 0.411. The van der Waals surface area contributed by atoms with E-state index in [9.17, 15) is 15.8 Å². The summed E-state index contributed by atoms with van der Waals surface area (Å²) >= 11 is 0. The van der Waals surface area contributed by atoms with Gasteiger partial charge >= 0.3 is 0 Å². The van der Waals surface area contributed by atoms with Crippen LogP contribution in [0.5, 0.6) is 0 Å². The predicted octanol–water partition coefficient (Wildman–Crippen LogP) is 22.4. The van der Waals surface area contributed by atoms with Crippen molar-refractivity contribution in [2.24, 2.45) is 0 Å². The van der Waals surface area contributed by atoms with E-state index in [-0.39, 0.29) is 0 Å². The largest absolute Gasteiger partial charge is 0.309 e. The fourth-order valence-electron chi connectivity index (χ4n) is 13.9. The van der Waals surface area contributed by atoms with Crippen molar-refractivity contribution in [2.45, 2.75) is 0 Å². The number of hydrogen-bond donors (Lipinski definition) is 0.